The quantitative estimate of drug-likeness (QED) is 0.328. The molecule has 0 radical (unpaired) electrons. The summed E-state index contributed by atoms with van der Waals surface area (Å²) in [4.78, 5) is 15.0. The number of halogens is 1. The molecule has 0 aromatic heterocycles. The predicted octanol–water partition coefficient (Wildman–Crippen LogP) is 1.79. The van der Waals surface area contributed by atoms with Crippen LogP contribution in [0, 0.1) is 0 Å². The molecule has 3 fully saturated rings. The lowest BCUT2D eigenvalue weighted by Gasteiger charge is -2.36. The fourth-order valence-corrected chi connectivity index (χ4v) is 4.97. The molecule has 0 bridgehead atoms. The Morgan fingerprint density at radius 3 is 2.59 bits per heavy atom. The van der Waals surface area contributed by atoms with E-state index in [1.807, 2.05) is 0 Å². The van der Waals surface area contributed by atoms with Crippen LogP contribution in [0.1, 0.15) is 19.4 Å². The van der Waals surface area contributed by atoms with E-state index in [9.17, 15) is 0 Å². The number of nitrogens with zero attached hydrogens (tertiary/aromatic N) is 5. The summed E-state index contributed by atoms with van der Waals surface area (Å²) in [6.45, 7) is 15.5. The number of morpholine rings is 1. The molecular weight excluding hydrogens is 515 g/mol. The van der Waals surface area contributed by atoms with Gasteiger partial charge < -0.3 is 19.9 Å². The van der Waals surface area contributed by atoms with Crippen molar-refractivity contribution >= 4 is 29.9 Å². The molecule has 0 saturated carbocycles. The first-order valence-electron chi connectivity index (χ1n) is 12.0. The van der Waals surface area contributed by atoms with Crippen LogP contribution >= 0.6 is 24.0 Å². The summed E-state index contributed by atoms with van der Waals surface area (Å²) in [6.07, 6.45) is 0.261. The van der Waals surface area contributed by atoms with Gasteiger partial charge in [0.1, 0.15) is 0 Å². The third kappa shape index (κ3) is 6.56. The van der Waals surface area contributed by atoms with Crippen LogP contribution < -0.4 is 5.32 Å². The highest BCUT2D eigenvalue weighted by Crippen LogP contribution is 2.24. The van der Waals surface area contributed by atoms with E-state index in [0.29, 0.717) is 12.1 Å². The highest BCUT2D eigenvalue weighted by molar-refractivity contribution is 14.0. The average molecular weight is 557 g/mol. The Hall–Kier alpha value is -0.940. The van der Waals surface area contributed by atoms with Crippen LogP contribution in [0.3, 0.4) is 0 Å². The minimum atomic E-state index is 0. The van der Waals surface area contributed by atoms with Crippen molar-refractivity contribution in [2.45, 2.75) is 38.6 Å². The van der Waals surface area contributed by atoms with Gasteiger partial charge in [-0.1, -0.05) is 30.3 Å². The number of hydrogen-bond donors (Lipinski definition) is 1. The SMILES string of the molecule is CCNC(=NCC(C)N1CCN(C)CC1)N1CC2OCCN(Cc3ccccc3)C2C1.I. The topological polar surface area (TPSA) is 46.6 Å². The van der Waals surface area contributed by atoms with Crippen molar-refractivity contribution in [2.24, 2.45) is 4.99 Å². The molecule has 7 nitrogen and oxygen atoms in total. The summed E-state index contributed by atoms with van der Waals surface area (Å²) in [5, 5.41) is 3.54. The number of rotatable bonds is 6. The first-order chi connectivity index (χ1) is 15.1. The van der Waals surface area contributed by atoms with Crippen molar-refractivity contribution in [1.29, 1.82) is 0 Å². The van der Waals surface area contributed by atoms with E-state index in [1.165, 1.54) is 5.56 Å². The third-order valence-corrected chi connectivity index (χ3v) is 6.95. The summed E-state index contributed by atoms with van der Waals surface area (Å²) in [5.74, 6) is 1.04. The fraction of sp³-hybridized carbons (Fsp3) is 0.708. The molecule has 3 aliphatic heterocycles. The highest BCUT2D eigenvalue weighted by Gasteiger charge is 2.41. The van der Waals surface area contributed by atoms with Gasteiger partial charge in [0.05, 0.1) is 25.3 Å². The molecule has 3 heterocycles. The maximum Gasteiger partial charge on any atom is 0.194 e. The van der Waals surface area contributed by atoms with Crippen LogP contribution in [0.15, 0.2) is 35.3 Å². The fourth-order valence-electron chi connectivity index (χ4n) is 4.97. The van der Waals surface area contributed by atoms with Crippen molar-refractivity contribution in [1.82, 2.24) is 24.9 Å². The van der Waals surface area contributed by atoms with E-state index >= 15 is 0 Å². The second-order valence-electron chi connectivity index (χ2n) is 9.22. The van der Waals surface area contributed by atoms with Gasteiger partial charge in [0.25, 0.3) is 0 Å². The zero-order chi connectivity index (χ0) is 21.6. The maximum absolute atomic E-state index is 6.18. The minimum Gasteiger partial charge on any atom is -0.373 e. The number of aliphatic imine (C=N–C) groups is 1. The largest absolute Gasteiger partial charge is 0.373 e. The lowest BCUT2D eigenvalue weighted by atomic mass is 10.1. The zero-order valence-corrected chi connectivity index (χ0v) is 22.3. The van der Waals surface area contributed by atoms with E-state index < -0.39 is 0 Å². The van der Waals surface area contributed by atoms with Crippen LogP contribution in [0.2, 0.25) is 0 Å². The number of nitrogens with one attached hydrogen (secondary N) is 1. The number of ether oxygens (including phenoxy) is 1. The van der Waals surface area contributed by atoms with Gasteiger partial charge in [0.2, 0.25) is 0 Å². The van der Waals surface area contributed by atoms with E-state index in [0.717, 1.165) is 78.0 Å². The molecule has 3 aliphatic rings. The Morgan fingerprint density at radius 2 is 1.88 bits per heavy atom. The summed E-state index contributed by atoms with van der Waals surface area (Å²) in [5.41, 5.74) is 1.38. The second-order valence-corrected chi connectivity index (χ2v) is 9.22. The Bertz CT molecular complexity index is 712. The molecule has 0 spiro atoms. The molecule has 3 saturated heterocycles. The van der Waals surface area contributed by atoms with E-state index in [1.54, 1.807) is 0 Å². The monoisotopic (exact) mass is 556 g/mol. The lowest BCUT2D eigenvalue weighted by Crippen LogP contribution is -2.50. The molecule has 1 aromatic carbocycles. The molecule has 3 unspecified atom stereocenters. The minimum absolute atomic E-state index is 0. The molecule has 32 heavy (non-hydrogen) atoms. The van der Waals surface area contributed by atoms with Gasteiger partial charge in [0.15, 0.2) is 5.96 Å². The van der Waals surface area contributed by atoms with Gasteiger partial charge in [-0.15, -0.1) is 24.0 Å². The number of likely N-dealkylation sites (tertiary alicyclic amines) is 1. The van der Waals surface area contributed by atoms with Crippen molar-refractivity contribution < 1.29 is 4.74 Å². The van der Waals surface area contributed by atoms with E-state index in [2.05, 4.69) is 76.1 Å². The first-order valence-corrected chi connectivity index (χ1v) is 12.0. The number of benzene rings is 1. The molecule has 0 amide bonds. The Balaban J connectivity index is 0.00000289. The van der Waals surface area contributed by atoms with Crippen molar-refractivity contribution in [3.8, 4) is 0 Å². The molecule has 4 rings (SSSR count). The van der Waals surface area contributed by atoms with Crippen molar-refractivity contribution in [2.75, 3.05) is 72.6 Å². The normalized spacial score (nSPS) is 26.5. The molecule has 1 N–H and O–H groups in total. The summed E-state index contributed by atoms with van der Waals surface area (Å²) in [7, 11) is 2.21. The van der Waals surface area contributed by atoms with Gasteiger partial charge in [-0.05, 0) is 26.5 Å². The lowest BCUT2D eigenvalue weighted by molar-refractivity contribution is -0.0502. The van der Waals surface area contributed by atoms with Crippen LogP contribution in [0.5, 0.6) is 0 Å². The summed E-state index contributed by atoms with van der Waals surface area (Å²) >= 11 is 0. The van der Waals surface area contributed by atoms with E-state index in [-0.39, 0.29) is 30.1 Å². The molecule has 3 atom stereocenters. The zero-order valence-electron chi connectivity index (χ0n) is 19.9. The number of fused-ring (bicyclic) bond motifs is 1. The van der Waals surface area contributed by atoms with Gasteiger partial charge in [-0.2, -0.15) is 0 Å². The van der Waals surface area contributed by atoms with Crippen molar-refractivity contribution in [3.63, 3.8) is 0 Å². The van der Waals surface area contributed by atoms with Gasteiger partial charge in [0, 0.05) is 64.9 Å². The number of piperazine rings is 1. The molecule has 1 aromatic rings. The first kappa shape index (κ1) is 25.7. The average Bonchev–Trinajstić information content (AvgIpc) is 3.23. The molecule has 8 heteroatoms. The Labute approximate surface area is 211 Å². The molecule has 180 valence electrons. The predicted molar refractivity (Wildman–Crippen MR) is 142 cm³/mol. The summed E-state index contributed by atoms with van der Waals surface area (Å²) in [6, 6.07) is 11.7. The standard InChI is InChI=1S/C24H40N6O.HI/c1-4-25-24(26-16-20(2)28-12-10-27(3)11-13-28)30-18-22-23(19-30)31-15-14-29(22)17-21-8-6-5-7-9-21;/h5-9,20,22-23H,4,10-19H2,1-3H3,(H,25,26);1H. The Morgan fingerprint density at radius 1 is 1.12 bits per heavy atom. The Kier molecular flexibility index (Phi) is 10.0. The number of guanidine groups is 1. The van der Waals surface area contributed by atoms with Crippen LogP contribution in [0.25, 0.3) is 0 Å². The molecular formula is C24H41IN6O. The summed E-state index contributed by atoms with van der Waals surface area (Å²) < 4.78 is 6.18. The smallest absolute Gasteiger partial charge is 0.194 e. The van der Waals surface area contributed by atoms with Crippen LogP contribution in [0.4, 0.5) is 0 Å². The van der Waals surface area contributed by atoms with Crippen molar-refractivity contribution in [3.05, 3.63) is 35.9 Å². The number of likely N-dealkylation sites (N-methyl/N-ethyl adjacent to an activating group) is 1. The highest BCUT2D eigenvalue weighted by atomic mass is 127. The van der Waals surface area contributed by atoms with Gasteiger partial charge in [-0.3, -0.25) is 14.8 Å². The van der Waals surface area contributed by atoms with Crippen LogP contribution in [-0.4, -0.2) is 116 Å². The third-order valence-electron chi connectivity index (χ3n) is 6.95. The van der Waals surface area contributed by atoms with Gasteiger partial charge in [-0.25, -0.2) is 0 Å². The number of hydrogen-bond acceptors (Lipinski definition) is 5. The maximum atomic E-state index is 6.18. The second kappa shape index (κ2) is 12.5. The van der Waals surface area contributed by atoms with E-state index in [4.69, 9.17) is 9.73 Å². The van der Waals surface area contributed by atoms with Crippen LogP contribution in [-0.2, 0) is 11.3 Å². The van der Waals surface area contributed by atoms with Gasteiger partial charge >= 0.3 is 0 Å². The molecule has 0 aliphatic carbocycles.